The lowest BCUT2D eigenvalue weighted by molar-refractivity contribution is 0.0992. The van der Waals surface area contributed by atoms with Gasteiger partial charge >= 0.3 is 0 Å². The molecule has 15 heavy (non-hydrogen) atoms. The van der Waals surface area contributed by atoms with Gasteiger partial charge in [-0.15, -0.1) is 11.6 Å². The zero-order chi connectivity index (χ0) is 11.0. The number of hydrogen-bond acceptors (Lipinski definition) is 3. The Morgan fingerprint density at radius 1 is 1.53 bits per heavy atom. The van der Waals surface area contributed by atoms with Gasteiger partial charge in [0.05, 0.1) is 5.38 Å². The average molecular weight is 224 g/mol. The first kappa shape index (κ1) is 10.2. The minimum absolute atomic E-state index is 0.0979. The molecule has 1 atom stereocenters. The summed E-state index contributed by atoms with van der Waals surface area (Å²) < 4.78 is 5.31. The van der Waals surface area contributed by atoms with Crippen molar-refractivity contribution in [3.8, 4) is 0 Å². The third-order valence-electron chi connectivity index (χ3n) is 2.14. The van der Waals surface area contributed by atoms with Crippen LogP contribution in [0.1, 0.15) is 23.2 Å². The number of aromatic nitrogens is 1. The molecule has 2 aromatic rings. The highest BCUT2D eigenvalue weighted by Crippen LogP contribution is 2.18. The summed E-state index contributed by atoms with van der Waals surface area (Å²) in [7, 11) is 0. The number of nitrogens with zero attached hydrogens (tertiary/aromatic N) is 1. The number of carbonyl (C=O) groups is 1. The van der Waals surface area contributed by atoms with Crippen LogP contribution in [0.25, 0.3) is 11.1 Å². The second-order valence-electron chi connectivity index (χ2n) is 3.40. The normalized spacial score (nSPS) is 13.0. The van der Waals surface area contributed by atoms with Crippen LogP contribution < -0.4 is 0 Å². The lowest BCUT2D eigenvalue weighted by Gasteiger charge is -2.01. The molecule has 1 aromatic carbocycles. The zero-order valence-electron chi connectivity index (χ0n) is 8.45. The number of benzene rings is 1. The predicted octanol–water partition coefficient (Wildman–Crippen LogP) is 2.95. The van der Waals surface area contributed by atoms with Crippen molar-refractivity contribution >= 4 is 28.5 Å². The number of hydrogen-bond donors (Lipinski definition) is 0. The Kier molecular flexibility index (Phi) is 2.49. The molecular weight excluding hydrogens is 214 g/mol. The van der Waals surface area contributed by atoms with Crippen LogP contribution in [0, 0.1) is 6.92 Å². The SMILES string of the molecule is Cc1nc2cc(C(=O)C(C)Cl)ccc2o1. The Morgan fingerprint density at radius 2 is 2.27 bits per heavy atom. The summed E-state index contributed by atoms with van der Waals surface area (Å²) in [4.78, 5) is 15.8. The summed E-state index contributed by atoms with van der Waals surface area (Å²) in [6.45, 7) is 3.42. The van der Waals surface area contributed by atoms with E-state index in [0.717, 1.165) is 0 Å². The number of aryl methyl sites for hydroxylation is 1. The fraction of sp³-hybridized carbons (Fsp3) is 0.273. The standard InChI is InChI=1S/C11H10ClNO2/c1-6(12)11(14)8-3-4-10-9(5-8)13-7(2)15-10/h3-6H,1-2H3. The second kappa shape index (κ2) is 3.66. The monoisotopic (exact) mass is 223 g/mol. The van der Waals surface area contributed by atoms with Gasteiger partial charge in [0, 0.05) is 12.5 Å². The van der Waals surface area contributed by atoms with Crippen molar-refractivity contribution in [3.05, 3.63) is 29.7 Å². The smallest absolute Gasteiger partial charge is 0.192 e. The van der Waals surface area contributed by atoms with Gasteiger partial charge in [-0.1, -0.05) is 0 Å². The van der Waals surface area contributed by atoms with Crippen LogP contribution in [-0.2, 0) is 0 Å². The van der Waals surface area contributed by atoms with Crippen molar-refractivity contribution in [3.63, 3.8) is 0 Å². The van der Waals surface area contributed by atoms with Gasteiger partial charge in [0.2, 0.25) is 0 Å². The van der Waals surface area contributed by atoms with E-state index in [1.54, 1.807) is 32.0 Å². The predicted molar refractivity (Wildman–Crippen MR) is 58.4 cm³/mol. The van der Waals surface area contributed by atoms with Crippen molar-refractivity contribution in [1.82, 2.24) is 4.98 Å². The van der Waals surface area contributed by atoms with Crippen LogP contribution in [-0.4, -0.2) is 16.1 Å². The maximum atomic E-state index is 11.6. The highest BCUT2D eigenvalue weighted by atomic mass is 35.5. The van der Waals surface area contributed by atoms with Gasteiger partial charge in [0.15, 0.2) is 17.3 Å². The fourth-order valence-corrected chi connectivity index (χ4v) is 1.55. The first-order chi connectivity index (χ1) is 7.08. The number of fused-ring (bicyclic) bond motifs is 1. The quantitative estimate of drug-likeness (QED) is 0.581. The number of oxazole rings is 1. The molecule has 3 nitrogen and oxygen atoms in total. The molecule has 0 saturated heterocycles. The Bertz CT molecular complexity index is 516. The van der Waals surface area contributed by atoms with E-state index in [1.807, 2.05) is 0 Å². The van der Waals surface area contributed by atoms with Gasteiger partial charge in [0.1, 0.15) is 5.52 Å². The largest absolute Gasteiger partial charge is 0.441 e. The zero-order valence-corrected chi connectivity index (χ0v) is 9.21. The molecule has 1 aromatic heterocycles. The number of halogens is 1. The molecule has 1 heterocycles. The molecule has 4 heteroatoms. The molecule has 0 saturated carbocycles. The minimum Gasteiger partial charge on any atom is -0.441 e. The van der Waals surface area contributed by atoms with Gasteiger partial charge in [-0.25, -0.2) is 4.98 Å². The summed E-state index contributed by atoms with van der Waals surface area (Å²) >= 11 is 5.73. The van der Waals surface area contributed by atoms with E-state index in [1.165, 1.54) is 0 Å². The van der Waals surface area contributed by atoms with Crippen LogP contribution in [0.3, 0.4) is 0 Å². The fourth-order valence-electron chi connectivity index (χ4n) is 1.43. The van der Waals surface area contributed by atoms with Gasteiger partial charge in [-0.3, -0.25) is 4.79 Å². The average Bonchev–Trinajstić information content (AvgIpc) is 2.55. The Hall–Kier alpha value is -1.35. The Labute approximate surface area is 92.1 Å². The molecule has 1 unspecified atom stereocenters. The molecule has 0 aliphatic rings. The first-order valence-corrected chi connectivity index (χ1v) is 5.07. The van der Waals surface area contributed by atoms with Crippen molar-refractivity contribution in [2.75, 3.05) is 0 Å². The highest BCUT2D eigenvalue weighted by Gasteiger charge is 2.13. The van der Waals surface area contributed by atoms with E-state index in [9.17, 15) is 4.79 Å². The van der Waals surface area contributed by atoms with E-state index in [4.69, 9.17) is 16.0 Å². The van der Waals surface area contributed by atoms with Crippen molar-refractivity contribution < 1.29 is 9.21 Å². The molecule has 0 fully saturated rings. The maximum absolute atomic E-state index is 11.6. The molecule has 78 valence electrons. The Balaban J connectivity index is 2.51. The van der Waals surface area contributed by atoms with Crippen LogP contribution in [0.4, 0.5) is 0 Å². The van der Waals surface area contributed by atoms with Crippen molar-refractivity contribution in [2.45, 2.75) is 19.2 Å². The number of alkyl halides is 1. The van der Waals surface area contributed by atoms with E-state index in [-0.39, 0.29) is 5.78 Å². The number of ketones is 1. The van der Waals surface area contributed by atoms with Gasteiger partial charge in [0.25, 0.3) is 0 Å². The summed E-state index contributed by atoms with van der Waals surface area (Å²) in [5.41, 5.74) is 1.94. The first-order valence-electron chi connectivity index (χ1n) is 4.63. The number of carbonyl (C=O) groups excluding carboxylic acids is 1. The van der Waals surface area contributed by atoms with Crippen molar-refractivity contribution in [2.24, 2.45) is 0 Å². The van der Waals surface area contributed by atoms with Gasteiger partial charge in [-0.2, -0.15) is 0 Å². The summed E-state index contributed by atoms with van der Waals surface area (Å²) in [6, 6.07) is 5.14. The van der Waals surface area contributed by atoms with Crippen LogP contribution in [0.15, 0.2) is 22.6 Å². The molecule has 2 rings (SSSR count). The van der Waals surface area contributed by atoms with Gasteiger partial charge < -0.3 is 4.42 Å². The van der Waals surface area contributed by atoms with Crippen molar-refractivity contribution in [1.29, 1.82) is 0 Å². The molecule has 0 amide bonds. The summed E-state index contributed by atoms with van der Waals surface area (Å²) in [6.07, 6.45) is 0. The Morgan fingerprint density at radius 3 is 2.93 bits per heavy atom. The van der Waals surface area contributed by atoms with E-state index >= 15 is 0 Å². The lowest BCUT2D eigenvalue weighted by atomic mass is 10.1. The minimum atomic E-state index is -0.518. The van der Waals surface area contributed by atoms with E-state index in [2.05, 4.69) is 4.98 Å². The topological polar surface area (TPSA) is 43.1 Å². The number of Topliss-reactive ketones (excluding diaryl/α,β-unsaturated/α-hetero) is 1. The third-order valence-corrected chi connectivity index (χ3v) is 2.34. The maximum Gasteiger partial charge on any atom is 0.192 e. The molecule has 0 spiro atoms. The molecule has 0 N–H and O–H groups in total. The van der Waals surface area contributed by atoms with Gasteiger partial charge in [-0.05, 0) is 25.1 Å². The highest BCUT2D eigenvalue weighted by molar-refractivity contribution is 6.33. The molecule has 0 aliphatic heterocycles. The molecule has 0 bridgehead atoms. The second-order valence-corrected chi connectivity index (χ2v) is 4.05. The molecule has 0 aliphatic carbocycles. The molecule has 0 radical (unpaired) electrons. The molecular formula is C11H10ClNO2. The number of rotatable bonds is 2. The van der Waals surface area contributed by atoms with Crippen LogP contribution in [0.2, 0.25) is 0 Å². The van der Waals surface area contributed by atoms with Crippen LogP contribution >= 0.6 is 11.6 Å². The van der Waals surface area contributed by atoms with E-state index < -0.39 is 5.38 Å². The summed E-state index contributed by atoms with van der Waals surface area (Å²) in [5, 5.41) is -0.518. The van der Waals surface area contributed by atoms with E-state index in [0.29, 0.717) is 22.6 Å². The lowest BCUT2D eigenvalue weighted by Crippen LogP contribution is -2.09. The van der Waals surface area contributed by atoms with Crippen LogP contribution in [0.5, 0.6) is 0 Å². The summed E-state index contributed by atoms with van der Waals surface area (Å²) in [5.74, 6) is 0.493. The third kappa shape index (κ3) is 1.88.